The van der Waals surface area contributed by atoms with Crippen LogP contribution in [0.1, 0.15) is 36.3 Å². The van der Waals surface area contributed by atoms with Crippen molar-refractivity contribution in [2.75, 3.05) is 5.32 Å². The van der Waals surface area contributed by atoms with Gasteiger partial charge in [0.2, 0.25) is 11.0 Å². The zero-order chi connectivity index (χ0) is 16.8. The number of carbonyl (C=O) groups is 2. The number of aryl methyl sites for hydroxylation is 1. The molecule has 0 saturated heterocycles. The van der Waals surface area contributed by atoms with Gasteiger partial charge in [-0.05, 0) is 24.1 Å². The fourth-order valence-corrected chi connectivity index (χ4v) is 2.79. The van der Waals surface area contributed by atoms with Crippen molar-refractivity contribution in [2.24, 2.45) is 0 Å². The molecule has 0 saturated carbocycles. The van der Waals surface area contributed by atoms with E-state index < -0.39 is 17.7 Å². The molecule has 1 aromatic carbocycles. The van der Waals surface area contributed by atoms with Gasteiger partial charge in [-0.25, -0.2) is 4.39 Å². The summed E-state index contributed by atoms with van der Waals surface area (Å²) < 4.78 is 13.0. The van der Waals surface area contributed by atoms with E-state index in [1.807, 2.05) is 6.92 Å². The number of aromatic nitrogens is 2. The number of benzene rings is 1. The van der Waals surface area contributed by atoms with Crippen LogP contribution in [-0.2, 0) is 16.0 Å². The Bertz CT molecular complexity index is 688. The van der Waals surface area contributed by atoms with E-state index in [9.17, 15) is 14.0 Å². The summed E-state index contributed by atoms with van der Waals surface area (Å²) >= 11 is 1.28. The molecule has 0 aliphatic heterocycles. The normalized spacial score (nSPS) is 11.9. The van der Waals surface area contributed by atoms with Gasteiger partial charge in [0, 0.05) is 12.3 Å². The fraction of sp³-hybridized carbons (Fsp3) is 0.333. The molecule has 0 bridgehead atoms. The first-order valence-corrected chi connectivity index (χ1v) is 7.89. The first kappa shape index (κ1) is 17.0. The minimum atomic E-state index is -1.02. The number of halogens is 1. The summed E-state index contributed by atoms with van der Waals surface area (Å²) in [5, 5.41) is 20.6. The second-order valence-electron chi connectivity index (χ2n) is 4.95. The van der Waals surface area contributed by atoms with Gasteiger partial charge in [0.05, 0.1) is 6.42 Å². The molecule has 2 N–H and O–H groups in total. The van der Waals surface area contributed by atoms with Gasteiger partial charge < -0.3 is 10.4 Å². The van der Waals surface area contributed by atoms with E-state index in [-0.39, 0.29) is 18.7 Å². The van der Waals surface area contributed by atoms with Gasteiger partial charge in [-0.3, -0.25) is 9.59 Å². The standard InChI is InChI=1S/C15H16FN3O3S/c1-2-13-18-19-15(23-13)17-12(20)7-10(8-14(21)22)9-3-5-11(16)6-4-9/h3-6,10H,2,7-8H2,1H3,(H,21,22)(H,17,19,20). The Morgan fingerprint density at radius 1 is 1.26 bits per heavy atom. The van der Waals surface area contributed by atoms with E-state index in [1.54, 1.807) is 0 Å². The monoisotopic (exact) mass is 337 g/mol. The summed E-state index contributed by atoms with van der Waals surface area (Å²) in [7, 11) is 0. The third-order valence-corrected chi connectivity index (χ3v) is 4.19. The molecular weight excluding hydrogens is 321 g/mol. The largest absolute Gasteiger partial charge is 0.481 e. The number of carboxylic acids is 1. The molecule has 6 nitrogen and oxygen atoms in total. The highest BCUT2D eigenvalue weighted by Gasteiger charge is 2.20. The summed E-state index contributed by atoms with van der Waals surface area (Å²) in [6.07, 6.45) is 0.485. The molecule has 2 rings (SSSR count). The van der Waals surface area contributed by atoms with E-state index in [1.165, 1.54) is 35.6 Å². The lowest BCUT2D eigenvalue weighted by atomic mass is 9.92. The summed E-state index contributed by atoms with van der Waals surface area (Å²) in [6.45, 7) is 1.93. The molecule has 0 aliphatic carbocycles. The highest BCUT2D eigenvalue weighted by Crippen LogP contribution is 2.25. The SMILES string of the molecule is CCc1nnc(NC(=O)CC(CC(=O)O)c2ccc(F)cc2)s1. The Hall–Kier alpha value is -2.35. The first-order valence-electron chi connectivity index (χ1n) is 7.07. The lowest BCUT2D eigenvalue weighted by molar-refractivity contribution is -0.137. The number of carbonyl (C=O) groups excluding carboxylic acids is 1. The molecule has 1 amide bonds. The van der Waals surface area contributed by atoms with Crippen molar-refractivity contribution in [3.63, 3.8) is 0 Å². The minimum Gasteiger partial charge on any atom is -0.481 e. The van der Waals surface area contributed by atoms with Gasteiger partial charge in [0.1, 0.15) is 10.8 Å². The molecule has 0 radical (unpaired) electrons. The number of anilines is 1. The Labute approximate surface area is 136 Å². The maximum atomic E-state index is 13.0. The number of aliphatic carboxylic acids is 1. The summed E-state index contributed by atoms with van der Waals surface area (Å²) in [6, 6.07) is 5.49. The van der Waals surface area contributed by atoms with Gasteiger partial charge in [0.15, 0.2) is 0 Å². The van der Waals surface area contributed by atoms with Gasteiger partial charge in [-0.15, -0.1) is 10.2 Å². The van der Waals surface area contributed by atoms with Crippen molar-refractivity contribution in [3.8, 4) is 0 Å². The predicted octanol–water partition coefficient (Wildman–Crippen LogP) is 2.83. The summed E-state index contributed by atoms with van der Waals surface area (Å²) in [4.78, 5) is 23.1. The van der Waals surface area contributed by atoms with Gasteiger partial charge in [-0.2, -0.15) is 0 Å². The summed E-state index contributed by atoms with van der Waals surface area (Å²) in [5.41, 5.74) is 0.607. The van der Waals surface area contributed by atoms with Crippen molar-refractivity contribution >= 4 is 28.3 Å². The van der Waals surface area contributed by atoms with Crippen molar-refractivity contribution in [1.29, 1.82) is 0 Å². The van der Waals surface area contributed by atoms with E-state index in [2.05, 4.69) is 15.5 Å². The molecular formula is C15H16FN3O3S. The zero-order valence-corrected chi connectivity index (χ0v) is 13.3. The van der Waals surface area contributed by atoms with Crippen LogP contribution in [-0.4, -0.2) is 27.2 Å². The van der Waals surface area contributed by atoms with Crippen molar-refractivity contribution < 1.29 is 19.1 Å². The number of hydrogen-bond donors (Lipinski definition) is 2. The van der Waals surface area contributed by atoms with Gasteiger partial charge >= 0.3 is 5.97 Å². The van der Waals surface area contributed by atoms with Crippen LogP contribution < -0.4 is 5.32 Å². The molecule has 0 fully saturated rings. The quantitative estimate of drug-likeness (QED) is 0.810. The smallest absolute Gasteiger partial charge is 0.303 e. The van der Waals surface area contributed by atoms with Gasteiger partial charge in [0.25, 0.3) is 0 Å². The van der Waals surface area contributed by atoms with Gasteiger partial charge in [-0.1, -0.05) is 30.4 Å². The average molecular weight is 337 g/mol. The van der Waals surface area contributed by atoms with Crippen molar-refractivity contribution in [3.05, 3.63) is 40.7 Å². The molecule has 8 heteroatoms. The molecule has 1 aromatic heterocycles. The highest BCUT2D eigenvalue weighted by atomic mass is 32.1. The molecule has 1 atom stereocenters. The summed E-state index contributed by atoms with van der Waals surface area (Å²) in [5.74, 6) is -2.31. The molecule has 122 valence electrons. The highest BCUT2D eigenvalue weighted by molar-refractivity contribution is 7.15. The Morgan fingerprint density at radius 2 is 1.96 bits per heavy atom. The van der Waals surface area contributed by atoms with Crippen LogP contribution in [0.3, 0.4) is 0 Å². The van der Waals surface area contributed by atoms with E-state index in [0.717, 1.165) is 11.4 Å². The number of carboxylic acid groups (broad SMARTS) is 1. The number of amides is 1. The molecule has 0 spiro atoms. The predicted molar refractivity (Wildman–Crippen MR) is 83.9 cm³/mol. The molecule has 1 heterocycles. The topological polar surface area (TPSA) is 92.2 Å². The maximum Gasteiger partial charge on any atom is 0.303 e. The number of hydrogen-bond acceptors (Lipinski definition) is 5. The minimum absolute atomic E-state index is 0.0288. The van der Waals surface area contributed by atoms with E-state index in [4.69, 9.17) is 5.11 Å². The Morgan fingerprint density at radius 3 is 2.52 bits per heavy atom. The lowest BCUT2D eigenvalue weighted by Gasteiger charge is -2.14. The van der Waals surface area contributed by atoms with Crippen LogP contribution in [0.15, 0.2) is 24.3 Å². The number of rotatable bonds is 7. The third-order valence-electron chi connectivity index (χ3n) is 3.21. The molecule has 2 aromatic rings. The molecule has 1 unspecified atom stereocenters. The van der Waals surface area contributed by atoms with Crippen LogP contribution in [0.25, 0.3) is 0 Å². The first-order chi connectivity index (χ1) is 11.0. The second kappa shape index (κ2) is 7.77. The van der Waals surface area contributed by atoms with Crippen LogP contribution in [0.4, 0.5) is 9.52 Å². The maximum absolute atomic E-state index is 13.0. The second-order valence-corrected chi connectivity index (χ2v) is 6.02. The number of nitrogens with one attached hydrogen (secondary N) is 1. The van der Waals surface area contributed by atoms with E-state index >= 15 is 0 Å². The van der Waals surface area contributed by atoms with Crippen LogP contribution in [0, 0.1) is 5.82 Å². The molecule has 0 aliphatic rings. The number of nitrogens with zero attached hydrogens (tertiary/aromatic N) is 2. The third kappa shape index (κ3) is 5.10. The van der Waals surface area contributed by atoms with Crippen molar-refractivity contribution in [2.45, 2.75) is 32.1 Å². The lowest BCUT2D eigenvalue weighted by Crippen LogP contribution is -2.17. The van der Waals surface area contributed by atoms with E-state index in [0.29, 0.717) is 10.7 Å². The Balaban J connectivity index is 2.05. The zero-order valence-electron chi connectivity index (χ0n) is 12.5. The average Bonchev–Trinajstić information content (AvgIpc) is 2.94. The van der Waals surface area contributed by atoms with Crippen LogP contribution >= 0.6 is 11.3 Å². The molecule has 23 heavy (non-hydrogen) atoms. The van der Waals surface area contributed by atoms with Crippen LogP contribution in [0.5, 0.6) is 0 Å². The Kier molecular flexibility index (Phi) is 5.75. The van der Waals surface area contributed by atoms with Crippen molar-refractivity contribution in [1.82, 2.24) is 10.2 Å². The van der Waals surface area contributed by atoms with Crippen LogP contribution in [0.2, 0.25) is 0 Å². The fourth-order valence-electron chi connectivity index (χ4n) is 2.09.